The Bertz CT molecular complexity index is 600. The molecule has 112 valence electrons. The second-order valence-electron chi connectivity index (χ2n) is 4.71. The number of rotatable bonds is 5. The summed E-state index contributed by atoms with van der Waals surface area (Å²) in [5.41, 5.74) is 0.162. The summed E-state index contributed by atoms with van der Waals surface area (Å²) in [6.45, 7) is 3.81. The van der Waals surface area contributed by atoms with Gasteiger partial charge >= 0.3 is 0 Å². The highest BCUT2D eigenvalue weighted by Crippen LogP contribution is 2.22. The van der Waals surface area contributed by atoms with Crippen molar-refractivity contribution in [3.05, 3.63) is 28.8 Å². The predicted molar refractivity (Wildman–Crippen MR) is 79.5 cm³/mol. The molecule has 0 radical (unpaired) electrons. The van der Waals surface area contributed by atoms with E-state index in [1.54, 1.807) is 0 Å². The fraction of sp³-hybridized carbons (Fsp3) is 0.462. The Morgan fingerprint density at radius 1 is 1.40 bits per heavy atom. The van der Waals surface area contributed by atoms with Crippen molar-refractivity contribution >= 4 is 27.5 Å². The van der Waals surface area contributed by atoms with E-state index < -0.39 is 10.0 Å². The molecule has 0 aromatic heterocycles. The van der Waals surface area contributed by atoms with Gasteiger partial charge < -0.3 is 5.32 Å². The lowest BCUT2D eigenvalue weighted by Gasteiger charge is -2.15. The average molecular weight is 319 g/mol. The molecule has 1 amide bonds. The minimum Gasteiger partial charge on any atom is -0.350 e. The van der Waals surface area contributed by atoms with Crippen molar-refractivity contribution < 1.29 is 13.2 Å². The lowest BCUT2D eigenvalue weighted by Crippen LogP contribution is -2.32. The topological polar surface area (TPSA) is 66.5 Å². The molecular weight excluding hydrogens is 300 g/mol. The Balaban J connectivity index is 3.20. The molecular formula is C13H19ClN2O3S. The zero-order valence-corrected chi connectivity index (χ0v) is 13.5. The third kappa shape index (κ3) is 3.71. The Kier molecular flexibility index (Phi) is 5.56. The third-order valence-corrected chi connectivity index (χ3v) is 5.09. The number of carbonyl (C=O) groups is 1. The molecule has 0 spiro atoms. The van der Waals surface area contributed by atoms with E-state index in [0.717, 1.165) is 10.7 Å². The minimum absolute atomic E-state index is 0.00678. The van der Waals surface area contributed by atoms with Gasteiger partial charge in [0.15, 0.2) is 0 Å². The molecule has 7 heteroatoms. The molecule has 1 aromatic rings. The number of amides is 1. The number of hydrogen-bond donors (Lipinski definition) is 1. The van der Waals surface area contributed by atoms with Gasteiger partial charge in [-0.15, -0.1) is 0 Å². The van der Waals surface area contributed by atoms with Crippen molar-refractivity contribution in [2.45, 2.75) is 31.2 Å². The van der Waals surface area contributed by atoms with Crippen molar-refractivity contribution in [2.75, 3.05) is 14.1 Å². The van der Waals surface area contributed by atoms with Gasteiger partial charge in [0, 0.05) is 20.1 Å². The number of nitrogens with zero attached hydrogens (tertiary/aromatic N) is 1. The van der Waals surface area contributed by atoms with Crippen LogP contribution in [0.1, 0.15) is 30.6 Å². The smallest absolute Gasteiger partial charge is 0.253 e. The number of carbonyl (C=O) groups excluding carboxylic acids is 1. The first kappa shape index (κ1) is 16.9. The van der Waals surface area contributed by atoms with Crippen LogP contribution in [0.2, 0.25) is 5.02 Å². The van der Waals surface area contributed by atoms with Crippen LogP contribution in [-0.4, -0.2) is 38.8 Å². The van der Waals surface area contributed by atoms with Crippen LogP contribution in [-0.2, 0) is 10.0 Å². The van der Waals surface area contributed by atoms with Gasteiger partial charge in [0.1, 0.15) is 0 Å². The maximum Gasteiger partial charge on any atom is 0.253 e. The van der Waals surface area contributed by atoms with E-state index in [1.807, 2.05) is 13.8 Å². The highest BCUT2D eigenvalue weighted by Gasteiger charge is 2.21. The standard InChI is InChI=1S/C13H19ClN2O3S/c1-5-9(2)15-13(17)11-8-10(6-7-12(11)14)20(18,19)16(3)4/h6-9H,5H2,1-4H3,(H,15,17)/t9-/m1/s1. The molecule has 5 nitrogen and oxygen atoms in total. The van der Waals surface area contributed by atoms with Crippen LogP contribution >= 0.6 is 11.6 Å². The van der Waals surface area contributed by atoms with E-state index in [1.165, 1.54) is 32.3 Å². The van der Waals surface area contributed by atoms with Crippen LogP contribution in [0.3, 0.4) is 0 Å². The molecule has 1 rings (SSSR count). The Morgan fingerprint density at radius 3 is 2.50 bits per heavy atom. The van der Waals surface area contributed by atoms with Gasteiger partial charge in [0.2, 0.25) is 10.0 Å². The highest BCUT2D eigenvalue weighted by atomic mass is 35.5. The maximum absolute atomic E-state index is 12.1. The lowest BCUT2D eigenvalue weighted by molar-refractivity contribution is 0.0939. The van der Waals surface area contributed by atoms with E-state index in [2.05, 4.69) is 5.32 Å². The van der Waals surface area contributed by atoms with Crippen molar-refractivity contribution in [1.29, 1.82) is 0 Å². The second kappa shape index (κ2) is 6.56. The number of sulfonamides is 1. The summed E-state index contributed by atoms with van der Waals surface area (Å²) < 4.78 is 25.2. The number of nitrogens with one attached hydrogen (secondary N) is 1. The summed E-state index contributed by atoms with van der Waals surface area (Å²) in [7, 11) is -0.722. The molecule has 0 heterocycles. The zero-order chi connectivity index (χ0) is 15.5. The molecule has 0 bridgehead atoms. The Hall–Kier alpha value is -1.11. The molecule has 0 aliphatic rings. The van der Waals surface area contributed by atoms with Crippen LogP contribution < -0.4 is 5.32 Å². The normalized spacial score (nSPS) is 13.3. The summed E-state index contributed by atoms with van der Waals surface area (Å²) in [6.07, 6.45) is 0.777. The van der Waals surface area contributed by atoms with Gasteiger partial charge in [0.05, 0.1) is 15.5 Å². The van der Waals surface area contributed by atoms with Gasteiger partial charge in [-0.1, -0.05) is 18.5 Å². The van der Waals surface area contributed by atoms with Gasteiger partial charge in [-0.25, -0.2) is 12.7 Å². The average Bonchev–Trinajstić information content (AvgIpc) is 2.38. The Morgan fingerprint density at radius 2 is 2.00 bits per heavy atom. The summed E-state index contributed by atoms with van der Waals surface area (Å²) in [4.78, 5) is 12.1. The molecule has 0 aliphatic carbocycles. The van der Waals surface area contributed by atoms with Gasteiger partial charge in [-0.3, -0.25) is 4.79 Å². The van der Waals surface area contributed by atoms with Crippen molar-refractivity contribution in [3.63, 3.8) is 0 Å². The first-order chi connectivity index (χ1) is 9.20. The summed E-state index contributed by atoms with van der Waals surface area (Å²) >= 11 is 5.98. The Labute approximate surface area is 125 Å². The fourth-order valence-corrected chi connectivity index (χ4v) is 2.59. The van der Waals surface area contributed by atoms with Crippen LogP contribution in [0.5, 0.6) is 0 Å². The zero-order valence-electron chi connectivity index (χ0n) is 12.0. The van der Waals surface area contributed by atoms with Crippen LogP contribution in [0.15, 0.2) is 23.1 Å². The summed E-state index contributed by atoms with van der Waals surface area (Å²) in [6, 6.07) is 4.10. The molecule has 20 heavy (non-hydrogen) atoms. The van der Waals surface area contributed by atoms with E-state index in [-0.39, 0.29) is 27.4 Å². The molecule has 0 saturated heterocycles. The van der Waals surface area contributed by atoms with Crippen LogP contribution in [0, 0.1) is 0 Å². The first-order valence-corrected chi connectivity index (χ1v) is 8.05. The van der Waals surface area contributed by atoms with Gasteiger partial charge in [-0.05, 0) is 31.5 Å². The monoisotopic (exact) mass is 318 g/mol. The van der Waals surface area contributed by atoms with E-state index in [4.69, 9.17) is 11.6 Å². The minimum atomic E-state index is -3.59. The molecule has 0 saturated carbocycles. The van der Waals surface area contributed by atoms with Gasteiger partial charge in [0.25, 0.3) is 5.91 Å². The highest BCUT2D eigenvalue weighted by molar-refractivity contribution is 7.89. The molecule has 0 unspecified atom stereocenters. The van der Waals surface area contributed by atoms with Gasteiger partial charge in [-0.2, -0.15) is 0 Å². The summed E-state index contributed by atoms with van der Waals surface area (Å²) in [5.74, 6) is -0.375. The fourth-order valence-electron chi connectivity index (χ4n) is 1.45. The molecule has 1 aromatic carbocycles. The lowest BCUT2D eigenvalue weighted by atomic mass is 10.2. The SMILES string of the molecule is CC[C@@H](C)NC(=O)c1cc(S(=O)(=O)N(C)C)ccc1Cl. The second-order valence-corrected chi connectivity index (χ2v) is 7.27. The van der Waals surface area contributed by atoms with E-state index >= 15 is 0 Å². The molecule has 0 fully saturated rings. The van der Waals surface area contributed by atoms with Crippen LogP contribution in [0.25, 0.3) is 0 Å². The van der Waals surface area contributed by atoms with Crippen LogP contribution in [0.4, 0.5) is 0 Å². The van der Waals surface area contributed by atoms with E-state index in [9.17, 15) is 13.2 Å². The van der Waals surface area contributed by atoms with E-state index in [0.29, 0.717) is 0 Å². The van der Waals surface area contributed by atoms with Crippen molar-refractivity contribution in [1.82, 2.24) is 9.62 Å². The predicted octanol–water partition coefficient (Wildman–Crippen LogP) is 2.12. The van der Waals surface area contributed by atoms with Crippen molar-refractivity contribution in [3.8, 4) is 0 Å². The van der Waals surface area contributed by atoms with Crippen molar-refractivity contribution in [2.24, 2.45) is 0 Å². The summed E-state index contributed by atoms with van der Waals surface area (Å²) in [5, 5.41) is 2.99. The molecule has 1 N–H and O–H groups in total. The largest absolute Gasteiger partial charge is 0.350 e. The number of hydrogen-bond acceptors (Lipinski definition) is 3. The number of halogens is 1. The number of benzene rings is 1. The molecule has 1 atom stereocenters. The maximum atomic E-state index is 12.1. The third-order valence-electron chi connectivity index (χ3n) is 2.95. The first-order valence-electron chi connectivity index (χ1n) is 6.23. The quantitative estimate of drug-likeness (QED) is 0.904. The molecule has 0 aliphatic heterocycles.